The van der Waals surface area contributed by atoms with E-state index in [2.05, 4.69) is 27.4 Å². The van der Waals surface area contributed by atoms with Gasteiger partial charge in [-0.2, -0.15) is 0 Å². The predicted molar refractivity (Wildman–Crippen MR) is 103 cm³/mol. The highest BCUT2D eigenvalue weighted by atomic mass is 16.2. The molecule has 0 aliphatic heterocycles. The first-order valence-corrected chi connectivity index (χ1v) is 9.04. The number of guanidine groups is 1. The molecule has 0 bridgehead atoms. The zero-order chi connectivity index (χ0) is 18.2. The minimum absolute atomic E-state index is 0.0214. The molecule has 2 N–H and O–H groups in total. The van der Waals surface area contributed by atoms with E-state index in [-0.39, 0.29) is 5.91 Å². The van der Waals surface area contributed by atoms with E-state index >= 15 is 0 Å². The van der Waals surface area contributed by atoms with Crippen LogP contribution in [0.3, 0.4) is 0 Å². The number of nitrogens with one attached hydrogen (secondary N) is 2. The normalized spacial score (nSPS) is 14.5. The Hall–Kier alpha value is -2.08. The van der Waals surface area contributed by atoms with Crippen LogP contribution in [0, 0.1) is 0 Å². The standard InChI is InChI=1S/C19H31N5O/c1-5-24(17-10-11-17)13-12-21-19(20-2)22-14-15-6-8-16(9-7-15)18(25)23(3)4/h6-9,17H,5,10-14H2,1-4H3,(H2,20,21,22). The van der Waals surface area contributed by atoms with Crippen molar-refractivity contribution in [3.05, 3.63) is 35.4 Å². The lowest BCUT2D eigenvalue weighted by molar-refractivity contribution is 0.0827. The van der Waals surface area contributed by atoms with Crippen LogP contribution >= 0.6 is 0 Å². The molecule has 1 aromatic carbocycles. The zero-order valence-corrected chi connectivity index (χ0v) is 15.9. The van der Waals surface area contributed by atoms with E-state index in [1.165, 1.54) is 12.8 Å². The van der Waals surface area contributed by atoms with Gasteiger partial charge < -0.3 is 15.5 Å². The molecular formula is C19H31N5O. The molecule has 0 aromatic heterocycles. The number of amides is 1. The van der Waals surface area contributed by atoms with Crippen LogP contribution in [0.25, 0.3) is 0 Å². The molecule has 0 saturated heterocycles. The molecule has 138 valence electrons. The third-order valence-electron chi connectivity index (χ3n) is 4.45. The van der Waals surface area contributed by atoms with Crippen LogP contribution in [-0.2, 0) is 6.54 Å². The summed E-state index contributed by atoms with van der Waals surface area (Å²) in [4.78, 5) is 20.3. The molecule has 1 amide bonds. The van der Waals surface area contributed by atoms with Crippen LogP contribution in [0.5, 0.6) is 0 Å². The quantitative estimate of drug-likeness (QED) is 0.554. The van der Waals surface area contributed by atoms with E-state index in [0.29, 0.717) is 12.1 Å². The monoisotopic (exact) mass is 345 g/mol. The summed E-state index contributed by atoms with van der Waals surface area (Å²) in [6, 6.07) is 8.48. The van der Waals surface area contributed by atoms with Gasteiger partial charge in [-0.05, 0) is 37.1 Å². The van der Waals surface area contributed by atoms with Crippen molar-refractivity contribution in [2.45, 2.75) is 32.4 Å². The summed E-state index contributed by atoms with van der Waals surface area (Å²) in [5.41, 5.74) is 1.82. The Morgan fingerprint density at radius 2 is 1.88 bits per heavy atom. The smallest absolute Gasteiger partial charge is 0.253 e. The second kappa shape index (κ2) is 9.42. The third kappa shape index (κ3) is 6.05. The van der Waals surface area contributed by atoms with Crippen LogP contribution < -0.4 is 10.6 Å². The van der Waals surface area contributed by atoms with Gasteiger partial charge in [0.05, 0.1) is 0 Å². The number of benzene rings is 1. The Balaban J connectivity index is 1.75. The fourth-order valence-electron chi connectivity index (χ4n) is 2.79. The molecule has 1 saturated carbocycles. The van der Waals surface area contributed by atoms with E-state index in [0.717, 1.165) is 37.2 Å². The van der Waals surface area contributed by atoms with E-state index < -0.39 is 0 Å². The minimum Gasteiger partial charge on any atom is -0.355 e. The topological polar surface area (TPSA) is 60.0 Å². The van der Waals surface area contributed by atoms with Gasteiger partial charge in [-0.3, -0.25) is 14.7 Å². The fourth-order valence-corrected chi connectivity index (χ4v) is 2.79. The molecule has 2 rings (SSSR count). The second-order valence-electron chi connectivity index (χ2n) is 6.61. The number of carbonyl (C=O) groups is 1. The number of hydrogen-bond acceptors (Lipinski definition) is 3. The number of likely N-dealkylation sites (N-methyl/N-ethyl adjacent to an activating group) is 1. The fraction of sp³-hybridized carbons (Fsp3) is 0.579. The zero-order valence-electron chi connectivity index (χ0n) is 15.9. The lowest BCUT2D eigenvalue weighted by atomic mass is 10.1. The summed E-state index contributed by atoms with van der Waals surface area (Å²) in [6.45, 7) is 5.94. The van der Waals surface area contributed by atoms with Crippen molar-refractivity contribution in [1.29, 1.82) is 0 Å². The number of hydrogen-bond donors (Lipinski definition) is 2. The van der Waals surface area contributed by atoms with Crippen molar-refractivity contribution >= 4 is 11.9 Å². The number of carbonyl (C=O) groups excluding carboxylic acids is 1. The SMILES string of the molecule is CCN(CCNC(=NC)NCc1ccc(C(=O)N(C)C)cc1)C1CC1. The number of nitrogens with zero attached hydrogens (tertiary/aromatic N) is 3. The highest BCUT2D eigenvalue weighted by Gasteiger charge is 2.27. The Bertz CT molecular complexity index is 578. The maximum Gasteiger partial charge on any atom is 0.253 e. The lowest BCUT2D eigenvalue weighted by Crippen LogP contribution is -2.41. The Morgan fingerprint density at radius 1 is 1.20 bits per heavy atom. The van der Waals surface area contributed by atoms with Gasteiger partial charge in [-0.25, -0.2) is 0 Å². The van der Waals surface area contributed by atoms with Crippen LogP contribution in [0.1, 0.15) is 35.7 Å². The molecule has 25 heavy (non-hydrogen) atoms. The molecular weight excluding hydrogens is 314 g/mol. The molecule has 1 fully saturated rings. The van der Waals surface area contributed by atoms with Crippen molar-refractivity contribution in [3.63, 3.8) is 0 Å². The average Bonchev–Trinajstić information content (AvgIpc) is 3.46. The molecule has 1 aliphatic carbocycles. The predicted octanol–water partition coefficient (Wildman–Crippen LogP) is 1.54. The van der Waals surface area contributed by atoms with Gasteiger partial charge >= 0.3 is 0 Å². The largest absolute Gasteiger partial charge is 0.355 e. The van der Waals surface area contributed by atoms with Gasteiger partial charge in [0.1, 0.15) is 0 Å². The first kappa shape index (κ1) is 19.2. The van der Waals surface area contributed by atoms with Gasteiger partial charge in [0.25, 0.3) is 5.91 Å². The highest BCUT2D eigenvalue weighted by Crippen LogP contribution is 2.25. The molecule has 0 spiro atoms. The molecule has 0 radical (unpaired) electrons. The first-order chi connectivity index (χ1) is 12.0. The van der Waals surface area contributed by atoms with Crippen LogP contribution in [0.2, 0.25) is 0 Å². The van der Waals surface area contributed by atoms with Crippen molar-refractivity contribution in [2.24, 2.45) is 4.99 Å². The van der Waals surface area contributed by atoms with Crippen molar-refractivity contribution in [1.82, 2.24) is 20.4 Å². The van der Waals surface area contributed by atoms with Crippen molar-refractivity contribution in [3.8, 4) is 0 Å². The molecule has 1 aromatic rings. The second-order valence-corrected chi connectivity index (χ2v) is 6.61. The number of aliphatic imine (C=N–C) groups is 1. The van der Waals surface area contributed by atoms with Crippen LogP contribution in [-0.4, -0.2) is 68.5 Å². The number of rotatable bonds is 8. The highest BCUT2D eigenvalue weighted by molar-refractivity contribution is 5.93. The summed E-state index contributed by atoms with van der Waals surface area (Å²) >= 11 is 0. The van der Waals surface area contributed by atoms with E-state index in [4.69, 9.17) is 0 Å². The van der Waals surface area contributed by atoms with E-state index in [1.54, 1.807) is 26.0 Å². The van der Waals surface area contributed by atoms with Crippen LogP contribution in [0.15, 0.2) is 29.3 Å². The summed E-state index contributed by atoms with van der Waals surface area (Å²) in [7, 11) is 5.30. The van der Waals surface area contributed by atoms with E-state index in [9.17, 15) is 4.79 Å². The summed E-state index contributed by atoms with van der Waals surface area (Å²) in [6.07, 6.45) is 2.68. The van der Waals surface area contributed by atoms with Gasteiger partial charge in [0.2, 0.25) is 0 Å². The molecule has 6 heteroatoms. The van der Waals surface area contributed by atoms with Gasteiger partial charge in [-0.15, -0.1) is 0 Å². The molecule has 0 heterocycles. The summed E-state index contributed by atoms with van der Waals surface area (Å²) < 4.78 is 0. The van der Waals surface area contributed by atoms with Crippen LogP contribution in [0.4, 0.5) is 0 Å². The first-order valence-electron chi connectivity index (χ1n) is 9.04. The maximum absolute atomic E-state index is 11.9. The lowest BCUT2D eigenvalue weighted by Gasteiger charge is -2.20. The maximum atomic E-state index is 11.9. The van der Waals surface area contributed by atoms with Gasteiger partial charge in [0.15, 0.2) is 5.96 Å². The Kier molecular flexibility index (Phi) is 7.25. The van der Waals surface area contributed by atoms with Gasteiger partial charge in [0, 0.05) is 52.4 Å². The van der Waals surface area contributed by atoms with Crippen molar-refractivity contribution < 1.29 is 4.79 Å². The Labute approximate surface area is 151 Å². The average molecular weight is 345 g/mol. The molecule has 6 nitrogen and oxygen atoms in total. The van der Waals surface area contributed by atoms with Crippen molar-refractivity contribution in [2.75, 3.05) is 40.8 Å². The molecule has 0 unspecified atom stereocenters. The minimum atomic E-state index is 0.0214. The van der Waals surface area contributed by atoms with E-state index in [1.807, 2.05) is 24.3 Å². The summed E-state index contributed by atoms with van der Waals surface area (Å²) in [5.74, 6) is 0.827. The summed E-state index contributed by atoms with van der Waals surface area (Å²) in [5, 5.41) is 6.69. The van der Waals surface area contributed by atoms with Gasteiger partial charge in [-0.1, -0.05) is 19.1 Å². The molecule has 1 aliphatic rings. The molecule has 0 atom stereocenters. The third-order valence-corrected chi connectivity index (χ3v) is 4.45. The Morgan fingerprint density at radius 3 is 2.40 bits per heavy atom.